The normalized spacial score (nSPS) is 12.7. The number of rotatable bonds is 3. The van der Waals surface area contributed by atoms with Gasteiger partial charge in [0, 0.05) is 16.5 Å². The molecular formula is C13H12BrClO2. The first-order valence-electron chi connectivity index (χ1n) is 5.29. The number of aliphatic hydroxyl groups excluding tert-OH is 1. The molecule has 0 spiro atoms. The van der Waals surface area contributed by atoms with E-state index in [0.717, 1.165) is 21.6 Å². The van der Waals surface area contributed by atoms with Crippen LogP contribution < -0.4 is 0 Å². The summed E-state index contributed by atoms with van der Waals surface area (Å²) in [5.74, 6) is 1.51. The summed E-state index contributed by atoms with van der Waals surface area (Å²) in [7, 11) is 0. The smallest absolute Gasteiger partial charge is 0.135 e. The molecule has 0 saturated carbocycles. The van der Waals surface area contributed by atoms with Gasteiger partial charge in [-0.3, -0.25) is 0 Å². The number of hydrogen-bond acceptors (Lipinski definition) is 2. The summed E-state index contributed by atoms with van der Waals surface area (Å²) in [5.41, 5.74) is 0.911. The van der Waals surface area contributed by atoms with Crippen molar-refractivity contribution in [3.05, 3.63) is 45.6 Å². The second-order valence-corrected chi connectivity index (χ2v) is 5.12. The molecule has 1 aromatic heterocycles. The van der Waals surface area contributed by atoms with Gasteiger partial charge >= 0.3 is 0 Å². The van der Waals surface area contributed by atoms with E-state index < -0.39 is 6.10 Å². The maximum atomic E-state index is 9.29. The average molecular weight is 316 g/mol. The van der Waals surface area contributed by atoms with Crippen LogP contribution in [0.25, 0.3) is 11.3 Å². The summed E-state index contributed by atoms with van der Waals surface area (Å²) < 4.78 is 6.49. The first-order chi connectivity index (χ1) is 8.08. The molecule has 0 saturated heterocycles. The Morgan fingerprint density at radius 1 is 1.35 bits per heavy atom. The molecule has 90 valence electrons. The van der Waals surface area contributed by atoms with E-state index in [2.05, 4.69) is 15.9 Å². The highest BCUT2D eigenvalue weighted by atomic mass is 79.9. The zero-order valence-corrected chi connectivity index (χ0v) is 11.6. The third-order valence-corrected chi connectivity index (χ3v) is 3.77. The maximum absolute atomic E-state index is 9.29. The second kappa shape index (κ2) is 5.25. The van der Waals surface area contributed by atoms with E-state index in [1.54, 1.807) is 6.92 Å². The first kappa shape index (κ1) is 12.7. The summed E-state index contributed by atoms with van der Waals surface area (Å²) in [6, 6.07) is 9.37. The van der Waals surface area contributed by atoms with E-state index in [0.29, 0.717) is 11.4 Å². The second-order valence-electron chi connectivity index (χ2n) is 3.92. The van der Waals surface area contributed by atoms with Gasteiger partial charge in [-0.15, -0.1) is 0 Å². The minimum Gasteiger partial charge on any atom is -0.461 e. The molecule has 1 aromatic carbocycles. The van der Waals surface area contributed by atoms with Gasteiger partial charge in [-0.25, -0.2) is 0 Å². The average Bonchev–Trinajstić information content (AvgIpc) is 2.69. The van der Waals surface area contributed by atoms with Gasteiger partial charge in [0.05, 0.1) is 11.1 Å². The molecule has 2 aromatic rings. The van der Waals surface area contributed by atoms with E-state index in [-0.39, 0.29) is 0 Å². The molecule has 0 amide bonds. The zero-order valence-electron chi connectivity index (χ0n) is 9.28. The Morgan fingerprint density at radius 2 is 2.12 bits per heavy atom. The van der Waals surface area contributed by atoms with Gasteiger partial charge in [-0.2, -0.15) is 0 Å². The Hall–Kier alpha value is -0.770. The van der Waals surface area contributed by atoms with E-state index in [4.69, 9.17) is 16.0 Å². The monoisotopic (exact) mass is 314 g/mol. The van der Waals surface area contributed by atoms with Gasteiger partial charge < -0.3 is 9.52 Å². The molecular weight excluding hydrogens is 303 g/mol. The van der Waals surface area contributed by atoms with E-state index in [1.165, 1.54) is 0 Å². The molecule has 0 aliphatic rings. The fraction of sp³-hybridized carbons (Fsp3) is 0.231. The molecule has 4 heteroatoms. The van der Waals surface area contributed by atoms with Gasteiger partial charge in [0.1, 0.15) is 11.5 Å². The third-order valence-electron chi connectivity index (χ3n) is 2.38. The Balaban J connectivity index is 2.34. The lowest BCUT2D eigenvalue weighted by Gasteiger charge is -2.03. The predicted octanol–water partition coefficient (Wildman–Crippen LogP) is 4.29. The summed E-state index contributed by atoms with van der Waals surface area (Å²) in [6.45, 7) is 1.73. The number of hydrogen-bond donors (Lipinski definition) is 1. The summed E-state index contributed by atoms with van der Waals surface area (Å²) >= 11 is 9.46. The molecule has 1 heterocycles. The van der Waals surface area contributed by atoms with Crippen LogP contribution in [0.3, 0.4) is 0 Å². The lowest BCUT2D eigenvalue weighted by atomic mass is 10.2. The molecule has 17 heavy (non-hydrogen) atoms. The van der Waals surface area contributed by atoms with E-state index in [9.17, 15) is 5.11 Å². The van der Waals surface area contributed by atoms with Gasteiger partial charge in [0.15, 0.2) is 0 Å². The molecule has 1 atom stereocenters. The van der Waals surface area contributed by atoms with Gasteiger partial charge in [0.2, 0.25) is 0 Å². The fourth-order valence-corrected chi connectivity index (χ4v) is 2.25. The van der Waals surface area contributed by atoms with Crippen molar-refractivity contribution >= 4 is 27.5 Å². The van der Waals surface area contributed by atoms with E-state index in [1.807, 2.05) is 30.3 Å². The van der Waals surface area contributed by atoms with Crippen LogP contribution in [0.2, 0.25) is 5.02 Å². The van der Waals surface area contributed by atoms with Crippen molar-refractivity contribution in [2.45, 2.75) is 19.4 Å². The van der Waals surface area contributed by atoms with Crippen molar-refractivity contribution < 1.29 is 9.52 Å². The Labute approximate surface area is 113 Å². The van der Waals surface area contributed by atoms with Crippen LogP contribution in [0.5, 0.6) is 0 Å². The van der Waals surface area contributed by atoms with E-state index >= 15 is 0 Å². The van der Waals surface area contributed by atoms with Crippen LogP contribution >= 0.6 is 27.5 Å². The fourth-order valence-electron chi connectivity index (χ4n) is 1.62. The predicted molar refractivity (Wildman–Crippen MR) is 72.2 cm³/mol. The topological polar surface area (TPSA) is 33.4 Å². The summed E-state index contributed by atoms with van der Waals surface area (Å²) in [6.07, 6.45) is 0.106. The number of aliphatic hydroxyl groups is 1. The van der Waals surface area contributed by atoms with Crippen LogP contribution in [0.1, 0.15) is 12.7 Å². The Morgan fingerprint density at radius 3 is 2.82 bits per heavy atom. The highest BCUT2D eigenvalue weighted by Crippen LogP contribution is 2.34. The number of benzene rings is 1. The zero-order chi connectivity index (χ0) is 12.4. The van der Waals surface area contributed by atoms with Crippen molar-refractivity contribution in [1.82, 2.24) is 0 Å². The minimum atomic E-state index is -0.406. The van der Waals surface area contributed by atoms with Gasteiger partial charge in [0.25, 0.3) is 0 Å². The van der Waals surface area contributed by atoms with Crippen molar-refractivity contribution in [3.8, 4) is 11.3 Å². The van der Waals surface area contributed by atoms with Crippen molar-refractivity contribution in [2.24, 2.45) is 0 Å². The van der Waals surface area contributed by atoms with Crippen molar-refractivity contribution in [2.75, 3.05) is 0 Å². The van der Waals surface area contributed by atoms with Crippen molar-refractivity contribution in [3.63, 3.8) is 0 Å². The lowest BCUT2D eigenvalue weighted by molar-refractivity contribution is 0.187. The number of halogens is 2. The third kappa shape index (κ3) is 2.92. The molecule has 0 aliphatic heterocycles. The summed E-state index contributed by atoms with van der Waals surface area (Å²) in [5, 5.41) is 9.94. The van der Waals surface area contributed by atoms with Crippen LogP contribution in [0.15, 0.2) is 39.2 Å². The first-order valence-corrected chi connectivity index (χ1v) is 6.46. The standard InChI is InChI=1S/C13H12BrClO2/c1-8(16)7-9-5-6-12(17-9)10-3-2-4-11(15)13(10)14/h2-6,8,16H,7H2,1H3. The molecule has 0 fully saturated rings. The summed E-state index contributed by atoms with van der Waals surface area (Å²) in [4.78, 5) is 0. The quantitative estimate of drug-likeness (QED) is 0.917. The van der Waals surface area contributed by atoms with Crippen LogP contribution in [-0.4, -0.2) is 11.2 Å². The molecule has 0 aliphatic carbocycles. The SMILES string of the molecule is CC(O)Cc1ccc(-c2cccc(Cl)c2Br)o1. The molecule has 2 nitrogen and oxygen atoms in total. The molecule has 0 radical (unpaired) electrons. The minimum absolute atomic E-state index is 0.406. The van der Waals surface area contributed by atoms with Gasteiger partial charge in [-0.05, 0) is 47.1 Å². The largest absolute Gasteiger partial charge is 0.461 e. The van der Waals surface area contributed by atoms with Gasteiger partial charge in [-0.1, -0.05) is 17.7 Å². The number of furan rings is 1. The van der Waals surface area contributed by atoms with Crippen LogP contribution in [0, 0.1) is 0 Å². The Kier molecular flexibility index (Phi) is 3.92. The highest BCUT2D eigenvalue weighted by Gasteiger charge is 2.11. The van der Waals surface area contributed by atoms with Crippen LogP contribution in [-0.2, 0) is 6.42 Å². The molecule has 1 unspecified atom stereocenters. The lowest BCUT2D eigenvalue weighted by Crippen LogP contribution is -2.02. The maximum Gasteiger partial charge on any atom is 0.135 e. The molecule has 1 N–H and O–H groups in total. The van der Waals surface area contributed by atoms with Crippen LogP contribution in [0.4, 0.5) is 0 Å². The Bertz CT molecular complexity index is 520. The molecule has 0 bridgehead atoms. The van der Waals surface area contributed by atoms with Crippen molar-refractivity contribution in [1.29, 1.82) is 0 Å². The highest BCUT2D eigenvalue weighted by molar-refractivity contribution is 9.10. The molecule has 2 rings (SSSR count).